The van der Waals surface area contributed by atoms with Crippen LogP contribution in [0, 0.1) is 19.3 Å². The largest absolute Gasteiger partial charge is 0.454 e. The van der Waals surface area contributed by atoms with Gasteiger partial charge < -0.3 is 14.2 Å². The zero-order valence-electron chi connectivity index (χ0n) is 50.2. The van der Waals surface area contributed by atoms with Gasteiger partial charge in [0.1, 0.15) is 5.58 Å². The Morgan fingerprint density at radius 3 is 1.82 bits per heavy atom. The van der Waals surface area contributed by atoms with Crippen LogP contribution in [0.4, 0.5) is 28.4 Å². The number of aryl methyl sites for hydroxylation is 2. The number of nitrogens with zero attached hydrogens (tertiary/aromatic N) is 2. The normalized spacial score (nSPS) is 22.4. The van der Waals surface area contributed by atoms with E-state index in [2.05, 4.69) is 236 Å². The molecule has 1 aromatic heterocycles. The first-order chi connectivity index (χ1) is 36.7. The van der Waals surface area contributed by atoms with Crippen LogP contribution in [0.2, 0.25) is 0 Å². The summed E-state index contributed by atoms with van der Waals surface area (Å²) >= 11 is 0. The summed E-state index contributed by atoms with van der Waals surface area (Å²) < 4.78 is 7.33. The third-order valence-electron chi connectivity index (χ3n) is 21.4. The van der Waals surface area contributed by atoms with Crippen molar-refractivity contribution < 1.29 is 4.42 Å². The average Bonchev–Trinajstić information content (AvgIpc) is 4.06. The third kappa shape index (κ3) is 7.35. The summed E-state index contributed by atoms with van der Waals surface area (Å²) in [6.45, 7) is 38.9. The zero-order valence-corrected chi connectivity index (χ0v) is 50.2. The van der Waals surface area contributed by atoms with Crippen LogP contribution < -0.4 is 26.2 Å². The van der Waals surface area contributed by atoms with Crippen LogP contribution in [0.5, 0.6) is 0 Å². The molecule has 400 valence electrons. The molecule has 78 heavy (non-hydrogen) atoms. The van der Waals surface area contributed by atoms with Gasteiger partial charge in [-0.25, -0.2) is 0 Å². The maximum atomic E-state index is 7.33. The number of benzene rings is 7. The topological polar surface area (TPSA) is 19.6 Å². The molecule has 4 heteroatoms. The molecule has 2 fully saturated rings. The van der Waals surface area contributed by atoms with Crippen molar-refractivity contribution in [1.29, 1.82) is 0 Å². The maximum Gasteiger partial charge on any atom is 0.252 e. The van der Waals surface area contributed by atoms with E-state index in [1.807, 2.05) is 0 Å². The van der Waals surface area contributed by atoms with E-state index >= 15 is 0 Å². The lowest BCUT2D eigenvalue weighted by Crippen LogP contribution is -2.64. The third-order valence-corrected chi connectivity index (χ3v) is 21.4. The average molecular weight is 1030 g/mol. The number of rotatable bonds is 5. The molecule has 0 radical (unpaired) electrons. The molecule has 2 aliphatic carbocycles. The minimum Gasteiger partial charge on any atom is -0.454 e. The summed E-state index contributed by atoms with van der Waals surface area (Å²) in [5.41, 5.74) is 28.1. The van der Waals surface area contributed by atoms with Gasteiger partial charge in [0.2, 0.25) is 0 Å². The molecule has 0 amide bonds. The predicted molar refractivity (Wildman–Crippen MR) is 336 cm³/mol. The van der Waals surface area contributed by atoms with Crippen LogP contribution in [0.15, 0.2) is 120 Å². The van der Waals surface area contributed by atoms with Gasteiger partial charge in [0.25, 0.3) is 6.71 Å². The highest BCUT2D eigenvalue weighted by molar-refractivity contribution is 7.00. The Bertz CT molecular complexity index is 3770. The van der Waals surface area contributed by atoms with Crippen molar-refractivity contribution in [2.45, 2.75) is 201 Å². The Morgan fingerprint density at radius 1 is 0.513 bits per heavy atom. The molecule has 0 N–H and O–H groups in total. The first kappa shape index (κ1) is 51.4. The number of hydrogen-bond acceptors (Lipinski definition) is 3. The van der Waals surface area contributed by atoms with Crippen LogP contribution in [-0.4, -0.2) is 12.3 Å². The van der Waals surface area contributed by atoms with Gasteiger partial charge in [-0.2, -0.15) is 0 Å². The Balaban J connectivity index is 1.15. The molecular formula is C74H85BN2O. The highest BCUT2D eigenvalue weighted by Gasteiger charge is 2.62. The van der Waals surface area contributed by atoms with Gasteiger partial charge in [-0.1, -0.05) is 207 Å². The van der Waals surface area contributed by atoms with E-state index in [-0.39, 0.29) is 44.7 Å². The Hall–Kier alpha value is -6.00. The Labute approximate surface area is 468 Å². The van der Waals surface area contributed by atoms with Crippen LogP contribution in [0.25, 0.3) is 33.1 Å². The van der Waals surface area contributed by atoms with Crippen molar-refractivity contribution in [1.82, 2.24) is 0 Å². The van der Waals surface area contributed by atoms with Crippen molar-refractivity contribution in [2.75, 3.05) is 9.80 Å². The fourth-order valence-electron chi connectivity index (χ4n) is 16.1. The molecule has 0 bridgehead atoms. The minimum absolute atomic E-state index is 0.00213. The molecule has 3 nitrogen and oxygen atoms in total. The Morgan fingerprint density at radius 2 is 1.14 bits per heavy atom. The first-order valence-electron chi connectivity index (χ1n) is 30.0. The number of furan rings is 1. The molecule has 7 aromatic carbocycles. The summed E-state index contributed by atoms with van der Waals surface area (Å²) in [6.07, 6.45) is 10.7. The van der Waals surface area contributed by atoms with Crippen molar-refractivity contribution in [3.8, 4) is 11.1 Å². The zero-order chi connectivity index (χ0) is 55.0. The molecule has 3 unspecified atom stereocenters. The molecular weight excluding hydrogens is 944 g/mol. The van der Waals surface area contributed by atoms with E-state index in [9.17, 15) is 0 Å². The van der Waals surface area contributed by atoms with Crippen LogP contribution >= 0.6 is 0 Å². The van der Waals surface area contributed by atoms with Crippen molar-refractivity contribution in [3.63, 3.8) is 0 Å². The number of anilines is 5. The molecule has 2 saturated carbocycles. The molecule has 3 aliphatic heterocycles. The summed E-state index contributed by atoms with van der Waals surface area (Å²) in [6, 6.07) is 46.4. The SMILES string of the molecule is Cc1cc(C(C)(C)C)cc(C)c1N1c2cc(Cc3ccc(C(C)(C)C)cc3C3(C)CCCCC3(C)C)cc3c2B(c2cc(-c4ccc(C(C)(C)C)cc4)cc4c2N3C2(C)CCCCC42C)c2ccc3c(oc4ccccc43)c21. The van der Waals surface area contributed by atoms with Crippen LogP contribution in [0.1, 0.15) is 198 Å². The van der Waals surface area contributed by atoms with Crippen molar-refractivity contribution >= 4 is 73.5 Å². The maximum absolute atomic E-state index is 7.33. The fourth-order valence-corrected chi connectivity index (χ4v) is 16.1. The summed E-state index contributed by atoms with van der Waals surface area (Å²) in [7, 11) is 0. The summed E-state index contributed by atoms with van der Waals surface area (Å²) in [5, 5.41) is 2.34. The molecule has 3 atom stereocenters. The van der Waals surface area contributed by atoms with Crippen LogP contribution in [0.3, 0.4) is 0 Å². The van der Waals surface area contributed by atoms with E-state index in [0.29, 0.717) is 0 Å². The fraction of sp³-hybridized carbons (Fsp3) is 0.432. The lowest BCUT2D eigenvalue weighted by Gasteiger charge is -2.53. The second kappa shape index (κ2) is 17.0. The van der Waals surface area contributed by atoms with Gasteiger partial charge in [-0.3, -0.25) is 0 Å². The smallest absolute Gasteiger partial charge is 0.252 e. The van der Waals surface area contributed by atoms with Gasteiger partial charge in [0, 0.05) is 33.2 Å². The van der Waals surface area contributed by atoms with E-state index in [1.165, 1.54) is 156 Å². The summed E-state index contributed by atoms with van der Waals surface area (Å²) in [5.74, 6) is 0. The van der Waals surface area contributed by atoms with Crippen LogP contribution in [-0.2, 0) is 33.5 Å². The van der Waals surface area contributed by atoms with E-state index in [0.717, 1.165) is 24.0 Å². The van der Waals surface area contributed by atoms with Gasteiger partial charge >= 0.3 is 0 Å². The quantitative estimate of drug-likeness (QED) is 0.160. The van der Waals surface area contributed by atoms with Gasteiger partial charge in [-0.15, -0.1) is 0 Å². The monoisotopic (exact) mass is 1030 g/mol. The van der Waals surface area contributed by atoms with E-state index in [1.54, 1.807) is 5.56 Å². The Kier molecular flexibility index (Phi) is 11.2. The number of para-hydroxylation sites is 1. The molecule has 5 aliphatic rings. The standard InChI is InChI=1S/C74H85BN2O/c1-45-37-53(70(9,10)11)38-46(2)64(45)76-60-40-47(39-49-27-30-52(69(6,7)8)44-56(49)72(14)34-20-19-33-71(72,12)13)41-61-63(60)75(58-32-31-55-54-23-17-18-24-62(54)78-67(55)66(58)76)59-43-50(48-25-28-51(29-26-48)68(3,4)5)42-57-65(59)77(61)74(16)36-22-21-35-73(57,74)15/h17-18,23-32,37-38,40-44H,19-22,33-36,39H2,1-16H3. The number of hydrogen-bond donors (Lipinski definition) is 0. The second-order valence-corrected chi connectivity index (χ2v) is 29.7. The van der Waals surface area contributed by atoms with Crippen molar-refractivity contribution in [3.05, 3.63) is 165 Å². The predicted octanol–water partition coefficient (Wildman–Crippen LogP) is 18.6. The second-order valence-electron chi connectivity index (χ2n) is 29.7. The highest BCUT2D eigenvalue weighted by Crippen LogP contribution is 2.63. The number of fused-ring (bicyclic) bond motifs is 11. The van der Waals surface area contributed by atoms with E-state index < -0.39 is 0 Å². The van der Waals surface area contributed by atoms with Crippen molar-refractivity contribution in [2.24, 2.45) is 5.41 Å². The highest BCUT2D eigenvalue weighted by atomic mass is 16.3. The molecule has 4 heterocycles. The van der Waals surface area contributed by atoms with Gasteiger partial charge in [0.15, 0.2) is 5.58 Å². The molecule has 0 spiro atoms. The minimum atomic E-state index is -0.137. The molecule has 13 rings (SSSR count). The van der Waals surface area contributed by atoms with Gasteiger partial charge in [0.05, 0.1) is 16.9 Å². The summed E-state index contributed by atoms with van der Waals surface area (Å²) in [4.78, 5) is 5.66. The first-order valence-corrected chi connectivity index (χ1v) is 30.0. The lowest BCUT2D eigenvalue weighted by atomic mass is 9.33. The lowest BCUT2D eigenvalue weighted by molar-refractivity contribution is 0.108. The molecule has 8 aromatic rings. The van der Waals surface area contributed by atoms with Gasteiger partial charge in [-0.05, 0) is 182 Å². The molecule has 0 saturated heterocycles. The van der Waals surface area contributed by atoms with E-state index in [4.69, 9.17) is 4.42 Å².